The highest BCUT2D eigenvalue weighted by Gasteiger charge is 2.54. The third-order valence-electron chi connectivity index (χ3n) is 9.24. The van der Waals surface area contributed by atoms with Gasteiger partial charge in [-0.3, -0.25) is 23.2 Å². The van der Waals surface area contributed by atoms with Gasteiger partial charge in [-0.2, -0.15) is 12.6 Å². The van der Waals surface area contributed by atoms with Gasteiger partial charge in [-0.15, -0.1) is 0 Å². The van der Waals surface area contributed by atoms with Crippen LogP contribution < -0.4 is 0 Å². The van der Waals surface area contributed by atoms with Crippen LogP contribution in [0.2, 0.25) is 0 Å². The van der Waals surface area contributed by atoms with E-state index in [1.807, 2.05) is 0 Å². The van der Waals surface area contributed by atoms with Crippen LogP contribution in [0, 0.1) is 0 Å². The molecule has 0 aromatic heterocycles. The van der Waals surface area contributed by atoms with Crippen molar-refractivity contribution < 1.29 is 76.9 Å². The zero-order valence-electron chi connectivity index (χ0n) is 31.9. The van der Waals surface area contributed by atoms with Crippen LogP contribution >= 0.6 is 28.3 Å². The average Bonchev–Trinajstić information content (AvgIpc) is 3.11. The van der Waals surface area contributed by atoms with E-state index in [4.69, 9.17) is 28.3 Å². The highest BCUT2D eigenvalue weighted by Crippen LogP contribution is 2.48. The number of unbranched alkanes of at least 4 members (excludes halogenated alkanes) is 18. The minimum Gasteiger partial charge on any atom is -0.462 e. The number of rotatable bonds is 33. The molecular formula is C35H68O16P2S. The SMILES string of the molecule is CCCCCCCCCCCCCCCC(=O)O[C@H](COC(=O)CCCCCCCCCS)COP(=O)(O)OC1C(O)[C@@H](O)C(OP(=O)(O)O)[C@@H](O)[C@H]1O. The molecule has 0 aromatic carbocycles. The number of esters is 2. The van der Waals surface area contributed by atoms with Gasteiger partial charge in [0.25, 0.3) is 0 Å². The molecule has 1 aliphatic carbocycles. The van der Waals surface area contributed by atoms with Gasteiger partial charge < -0.3 is 44.6 Å². The number of carbonyl (C=O) groups is 2. The smallest absolute Gasteiger partial charge is 0.462 e. The Morgan fingerprint density at radius 3 is 1.39 bits per heavy atom. The fraction of sp³-hybridized carbons (Fsp3) is 0.943. The molecule has 1 saturated carbocycles. The molecule has 4 unspecified atom stereocenters. The Bertz CT molecular complexity index is 1080. The van der Waals surface area contributed by atoms with Crippen molar-refractivity contribution in [3.05, 3.63) is 0 Å². The molecule has 8 atom stereocenters. The molecule has 54 heavy (non-hydrogen) atoms. The summed E-state index contributed by atoms with van der Waals surface area (Å²) >= 11 is 4.20. The van der Waals surface area contributed by atoms with E-state index >= 15 is 0 Å². The first-order valence-corrected chi connectivity index (χ1v) is 23.4. The summed E-state index contributed by atoms with van der Waals surface area (Å²) in [4.78, 5) is 53.5. The van der Waals surface area contributed by atoms with Gasteiger partial charge in [0.05, 0.1) is 6.61 Å². The topological polar surface area (TPSA) is 256 Å². The molecule has 19 heteroatoms. The molecule has 0 aliphatic heterocycles. The average molecular weight is 839 g/mol. The highest BCUT2D eigenvalue weighted by molar-refractivity contribution is 7.80. The lowest BCUT2D eigenvalue weighted by Crippen LogP contribution is -2.64. The summed E-state index contributed by atoms with van der Waals surface area (Å²) in [6.07, 6.45) is 6.77. The van der Waals surface area contributed by atoms with Crippen molar-refractivity contribution in [2.75, 3.05) is 19.0 Å². The second-order valence-electron chi connectivity index (χ2n) is 14.1. The van der Waals surface area contributed by atoms with Gasteiger partial charge in [0, 0.05) is 12.8 Å². The van der Waals surface area contributed by atoms with Crippen molar-refractivity contribution in [1.82, 2.24) is 0 Å². The number of phosphoric ester groups is 2. The maximum atomic E-state index is 12.8. The Morgan fingerprint density at radius 1 is 0.574 bits per heavy atom. The monoisotopic (exact) mass is 838 g/mol. The van der Waals surface area contributed by atoms with Crippen LogP contribution in [0.1, 0.15) is 148 Å². The zero-order valence-corrected chi connectivity index (χ0v) is 34.5. The van der Waals surface area contributed by atoms with Gasteiger partial charge in [0.2, 0.25) is 0 Å². The minimum absolute atomic E-state index is 0.0531. The summed E-state index contributed by atoms with van der Waals surface area (Å²) in [5.74, 6) is -0.346. The maximum absolute atomic E-state index is 12.8. The molecule has 0 saturated heterocycles. The van der Waals surface area contributed by atoms with Crippen molar-refractivity contribution >= 4 is 40.2 Å². The Labute approximate surface area is 326 Å². The van der Waals surface area contributed by atoms with E-state index in [0.717, 1.165) is 70.0 Å². The van der Waals surface area contributed by atoms with Crippen LogP contribution in [0.4, 0.5) is 0 Å². The molecule has 16 nitrogen and oxygen atoms in total. The van der Waals surface area contributed by atoms with Crippen LogP contribution in [0.15, 0.2) is 0 Å². The molecule has 1 rings (SSSR count). The number of aliphatic hydroxyl groups is 4. The van der Waals surface area contributed by atoms with E-state index in [1.54, 1.807) is 0 Å². The van der Waals surface area contributed by atoms with Crippen molar-refractivity contribution in [1.29, 1.82) is 0 Å². The molecule has 0 amide bonds. The van der Waals surface area contributed by atoms with Crippen LogP contribution in [0.3, 0.4) is 0 Å². The van der Waals surface area contributed by atoms with Gasteiger partial charge in [-0.25, -0.2) is 9.13 Å². The lowest BCUT2D eigenvalue weighted by molar-refractivity contribution is -0.216. The van der Waals surface area contributed by atoms with Crippen LogP contribution in [-0.2, 0) is 41.8 Å². The summed E-state index contributed by atoms with van der Waals surface area (Å²) in [5, 5.41) is 41.2. The van der Waals surface area contributed by atoms with Gasteiger partial charge in [-0.05, 0) is 25.0 Å². The second-order valence-corrected chi connectivity index (χ2v) is 17.1. The predicted molar refractivity (Wildman–Crippen MR) is 204 cm³/mol. The van der Waals surface area contributed by atoms with Crippen LogP contribution in [0.25, 0.3) is 0 Å². The lowest BCUT2D eigenvalue weighted by Gasteiger charge is -2.43. The lowest BCUT2D eigenvalue weighted by atomic mass is 9.85. The molecule has 0 bridgehead atoms. The molecule has 7 N–H and O–H groups in total. The number of hydrogen-bond donors (Lipinski definition) is 8. The first-order chi connectivity index (χ1) is 25.6. The summed E-state index contributed by atoms with van der Waals surface area (Å²) in [7, 11) is -10.6. The van der Waals surface area contributed by atoms with Gasteiger partial charge in [-0.1, -0.05) is 116 Å². The Kier molecular flexibility index (Phi) is 28.1. The molecule has 1 aliphatic rings. The molecule has 0 spiro atoms. The first kappa shape index (κ1) is 51.4. The van der Waals surface area contributed by atoms with E-state index in [0.29, 0.717) is 12.8 Å². The Morgan fingerprint density at radius 2 is 0.963 bits per heavy atom. The maximum Gasteiger partial charge on any atom is 0.472 e. The molecule has 1 fully saturated rings. The third-order valence-corrected chi connectivity index (χ3v) is 11.1. The zero-order chi connectivity index (χ0) is 40.4. The second kappa shape index (κ2) is 29.5. The number of thiol groups is 1. The van der Waals surface area contributed by atoms with Crippen molar-refractivity contribution in [2.45, 2.75) is 191 Å². The molecule has 0 heterocycles. The summed E-state index contributed by atoms with van der Waals surface area (Å²) in [5.41, 5.74) is 0. The van der Waals surface area contributed by atoms with E-state index in [9.17, 15) is 44.0 Å². The largest absolute Gasteiger partial charge is 0.472 e. The number of carbonyl (C=O) groups excluding carboxylic acids is 2. The number of hydrogen-bond acceptors (Lipinski definition) is 14. The minimum atomic E-state index is -5.30. The normalized spacial score (nSPS) is 23.5. The van der Waals surface area contributed by atoms with E-state index in [2.05, 4.69) is 24.1 Å². The van der Waals surface area contributed by atoms with E-state index in [-0.39, 0.29) is 12.8 Å². The van der Waals surface area contributed by atoms with Crippen LogP contribution in [0.5, 0.6) is 0 Å². The van der Waals surface area contributed by atoms with Gasteiger partial charge in [0.1, 0.15) is 43.2 Å². The summed E-state index contributed by atoms with van der Waals surface area (Å²) < 4.78 is 48.8. The Balaban J connectivity index is 2.64. The highest BCUT2D eigenvalue weighted by atomic mass is 32.1. The van der Waals surface area contributed by atoms with Crippen molar-refractivity contribution in [3.8, 4) is 0 Å². The van der Waals surface area contributed by atoms with Crippen molar-refractivity contribution in [3.63, 3.8) is 0 Å². The number of phosphoric acid groups is 2. The van der Waals surface area contributed by atoms with Crippen molar-refractivity contribution in [2.24, 2.45) is 0 Å². The van der Waals surface area contributed by atoms with E-state index < -0.39 is 83.5 Å². The molecule has 320 valence electrons. The fourth-order valence-corrected chi connectivity index (χ4v) is 7.88. The van der Waals surface area contributed by atoms with E-state index in [1.165, 1.54) is 51.4 Å². The number of aliphatic hydroxyl groups excluding tert-OH is 4. The standard InChI is InChI=1S/C35H68O16P2S/c1-2-3-4-5-6-7-8-9-10-11-13-17-20-23-29(37)49-27(25-47-28(36)22-19-16-14-12-15-18-21-24-54)26-48-53(45,46)51-35-32(40)30(38)34(31(39)33(35)41)50-52(42,43)44/h27,30-35,38-41,54H,2-26H2,1H3,(H,45,46)(H2,42,43,44)/t27-,30-,31+,32?,33-,34?,35?/m1/s1. The molecule has 0 radical (unpaired) electrons. The van der Waals surface area contributed by atoms with Gasteiger partial charge in [0.15, 0.2) is 6.10 Å². The molecular weight excluding hydrogens is 770 g/mol. The fourth-order valence-electron chi connectivity index (χ4n) is 6.12. The van der Waals surface area contributed by atoms with Gasteiger partial charge >= 0.3 is 27.6 Å². The predicted octanol–water partition coefficient (Wildman–Crippen LogP) is 5.41. The Hall–Kier alpha value is -0.650. The summed E-state index contributed by atoms with van der Waals surface area (Å²) in [6.45, 7) is 0.896. The summed E-state index contributed by atoms with van der Waals surface area (Å²) in [6, 6.07) is 0. The quantitative estimate of drug-likeness (QED) is 0.0178. The number of ether oxygens (including phenoxy) is 2. The third kappa shape index (κ3) is 24.2. The van der Waals surface area contributed by atoms with Crippen LogP contribution in [-0.4, -0.2) is 109 Å². The molecule has 0 aromatic rings. The first-order valence-electron chi connectivity index (χ1n) is 19.7.